The smallest absolute Gasteiger partial charge is 0.258 e. The summed E-state index contributed by atoms with van der Waals surface area (Å²) in [5.74, 6) is 1.44. The molecule has 0 aliphatic rings. The standard InChI is InChI=1S/C11H18N8S/c1-5-7(2)14-9-15-8(12-3)16-10(17-9)19-6-13-11(18-19)20-4/h6-7H,5H2,1-4H3,(H2,12,14,15,16,17)/t7-/m1/s1. The highest BCUT2D eigenvalue weighted by molar-refractivity contribution is 7.98. The fourth-order valence-electron chi connectivity index (χ4n) is 1.40. The number of rotatable bonds is 6. The topological polar surface area (TPSA) is 93.4 Å². The molecule has 2 aromatic heterocycles. The van der Waals surface area contributed by atoms with Crippen molar-refractivity contribution in [2.24, 2.45) is 0 Å². The van der Waals surface area contributed by atoms with Crippen LogP contribution < -0.4 is 10.6 Å². The molecule has 2 aromatic rings. The first kappa shape index (κ1) is 14.5. The van der Waals surface area contributed by atoms with Gasteiger partial charge in [0, 0.05) is 13.1 Å². The molecule has 8 nitrogen and oxygen atoms in total. The second-order valence-electron chi connectivity index (χ2n) is 4.16. The Hall–Kier alpha value is -1.90. The molecule has 0 saturated heterocycles. The number of nitrogens with zero attached hydrogens (tertiary/aromatic N) is 6. The predicted molar refractivity (Wildman–Crippen MR) is 79.4 cm³/mol. The zero-order valence-electron chi connectivity index (χ0n) is 12.0. The minimum atomic E-state index is 0.285. The summed E-state index contributed by atoms with van der Waals surface area (Å²) >= 11 is 1.47. The fraction of sp³-hybridized carbons (Fsp3) is 0.545. The maximum atomic E-state index is 4.37. The van der Waals surface area contributed by atoms with Crippen LogP contribution in [0.4, 0.5) is 11.9 Å². The molecule has 20 heavy (non-hydrogen) atoms. The molecule has 0 amide bonds. The first-order valence-corrected chi connectivity index (χ1v) is 7.55. The average Bonchev–Trinajstić information content (AvgIpc) is 2.95. The van der Waals surface area contributed by atoms with Gasteiger partial charge in [0.1, 0.15) is 6.33 Å². The fourth-order valence-corrected chi connectivity index (χ4v) is 1.73. The largest absolute Gasteiger partial charge is 0.357 e. The minimum absolute atomic E-state index is 0.285. The molecule has 0 spiro atoms. The molecule has 0 aromatic carbocycles. The van der Waals surface area contributed by atoms with E-state index >= 15 is 0 Å². The van der Waals surface area contributed by atoms with Crippen molar-refractivity contribution >= 4 is 23.7 Å². The second-order valence-corrected chi connectivity index (χ2v) is 4.94. The summed E-state index contributed by atoms with van der Waals surface area (Å²) < 4.78 is 1.54. The minimum Gasteiger partial charge on any atom is -0.357 e. The van der Waals surface area contributed by atoms with Gasteiger partial charge in [0.25, 0.3) is 5.95 Å². The van der Waals surface area contributed by atoms with Gasteiger partial charge in [0.05, 0.1) is 0 Å². The molecule has 108 valence electrons. The third kappa shape index (κ3) is 3.35. The lowest BCUT2D eigenvalue weighted by molar-refractivity contribution is 0.735. The van der Waals surface area contributed by atoms with Crippen molar-refractivity contribution in [1.29, 1.82) is 0 Å². The lowest BCUT2D eigenvalue weighted by atomic mass is 10.3. The third-order valence-corrected chi connectivity index (χ3v) is 3.25. The van der Waals surface area contributed by atoms with Gasteiger partial charge in [-0.2, -0.15) is 19.6 Å². The van der Waals surface area contributed by atoms with Crippen molar-refractivity contribution in [2.75, 3.05) is 23.9 Å². The third-order valence-electron chi connectivity index (χ3n) is 2.69. The summed E-state index contributed by atoms with van der Waals surface area (Å²) in [6.45, 7) is 4.17. The normalized spacial score (nSPS) is 12.2. The van der Waals surface area contributed by atoms with E-state index in [9.17, 15) is 0 Å². The van der Waals surface area contributed by atoms with Gasteiger partial charge in [-0.1, -0.05) is 18.7 Å². The number of nitrogens with one attached hydrogen (secondary N) is 2. The molecular formula is C11H18N8S. The lowest BCUT2D eigenvalue weighted by Gasteiger charge is -2.12. The molecule has 0 unspecified atom stereocenters. The Morgan fingerprint density at radius 1 is 1.30 bits per heavy atom. The van der Waals surface area contributed by atoms with E-state index < -0.39 is 0 Å². The zero-order chi connectivity index (χ0) is 14.5. The molecule has 2 rings (SSSR count). The summed E-state index contributed by atoms with van der Waals surface area (Å²) in [7, 11) is 1.76. The van der Waals surface area contributed by atoms with E-state index in [0.717, 1.165) is 6.42 Å². The molecule has 0 aliphatic heterocycles. The number of anilines is 2. The number of hydrogen-bond donors (Lipinski definition) is 2. The van der Waals surface area contributed by atoms with Gasteiger partial charge in [-0.3, -0.25) is 0 Å². The average molecular weight is 294 g/mol. The highest BCUT2D eigenvalue weighted by Crippen LogP contribution is 2.12. The molecule has 0 aliphatic carbocycles. The Balaban J connectivity index is 2.34. The van der Waals surface area contributed by atoms with Gasteiger partial charge >= 0.3 is 0 Å². The molecular weight excluding hydrogens is 276 g/mol. The van der Waals surface area contributed by atoms with Gasteiger partial charge in [-0.15, -0.1) is 5.10 Å². The highest BCUT2D eigenvalue weighted by atomic mass is 32.2. The van der Waals surface area contributed by atoms with Gasteiger partial charge in [0.2, 0.25) is 17.1 Å². The molecule has 0 fully saturated rings. The van der Waals surface area contributed by atoms with Crippen LogP contribution >= 0.6 is 11.8 Å². The molecule has 9 heteroatoms. The van der Waals surface area contributed by atoms with Gasteiger partial charge in [-0.25, -0.2) is 4.98 Å². The van der Waals surface area contributed by atoms with Crippen molar-refractivity contribution in [3.05, 3.63) is 6.33 Å². The molecule has 0 bridgehead atoms. The van der Waals surface area contributed by atoms with Gasteiger partial charge < -0.3 is 10.6 Å². The van der Waals surface area contributed by atoms with Crippen LogP contribution in [0.1, 0.15) is 20.3 Å². The highest BCUT2D eigenvalue weighted by Gasteiger charge is 2.10. The summed E-state index contributed by atoms with van der Waals surface area (Å²) in [4.78, 5) is 17.1. The first-order chi connectivity index (χ1) is 9.66. The van der Waals surface area contributed by atoms with Gasteiger partial charge in [-0.05, 0) is 19.6 Å². The van der Waals surface area contributed by atoms with Crippen LogP contribution in [0.15, 0.2) is 11.5 Å². The summed E-state index contributed by atoms with van der Waals surface area (Å²) in [5.41, 5.74) is 0. The molecule has 1 atom stereocenters. The van der Waals surface area contributed by atoms with Crippen molar-refractivity contribution in [2.45, 2.75) is 31.5 Å². The van der Waals surface area contributed by atoms with E-state index in [0.29, 0.717) is 23.0 Å². The SMILES string of the molecule is CC[C@@H](C)Nc1nc(NC)nc(-n2cnc(SC)n2)n1. The number of hydrogen-bond acceptors (Lipinski definition) is 8. The van der Waals surface area contributed by atoms with E-state index in [1.807, 2.05) is 6.26 Å². The van der Waals surface area contributed by atoms with E-state index in [-0.39, 0.29) is 6.04 Å². The molecule has 0 radical (unpaired) electrons. The van der Waals surface area contributed by atoms with Crippen LogP contribution in [-0.4, -0.2) is 49.1 Å². The Morgan fingerprint density at radius 3 is 2.65 bits per heavy atom. The van der Waals surface area contributed by atoms with E-state index in [4.69, 9.17) is 0 Å². The second kappa shape index (κ2) is 6.51. The molecule has 2 heterocycles. The Labute approximate surface area is 121 Å². The monoisotopic (exact) mass is 294 g/mol. The summed E-state index contributed by atoms with van der Waals surface area (Å²) in [5, 5.41) is 11.1. The van der Waals surface area contributed by atoms with E-state index in [1.54, 1.807) is 13.4 Å². The summed E-state index contributed by atoms with van der Waals surface area (Å²) in [6.07, 6.45) is 4.49. The summed E-state index contributed by atoms with van der Waals surface area (Å²) in [6, 6.07) is 0.285. The van der Waals surface area contributed by atoms with Crippen LogP contribution in [0.25, 0.3) is 5.95 Å². The number of thioether (sulfide) groups is 1. The van der Waals surface area contributed by atoms with Crippen LogP contribution in [0.2, 0.25) is 0 Å². The van der Waals surface area contributed by atoms with E-state index in [2.05, 4.69) is 49.5 Å². The van der Waals surface area contributed by atoms with Crippen LogP contribution in [0, 0.1) is 0 Å². The Morgan fingerprint density at radius 2 is 2.05 bits per heavy atom. The van der Waals surface area contributed by atoms with Crippen LogP contribution in [0.5, 0.6) is 0 Å². The van der Waals surface area contributed by atoms with Crippen LogP contribution in [0.3, 0.4) is 0 Å². The molecule has 0 saturated carbocycles. The quantitative estimate of drug-likeness (QED) is 0.773. The maximum absolute atomic E-state index is 4.37. The van der Waals surface area contributed by atoms with Crippen LogP contribution in [-0.2, 0) is 0 Å². The Bertz CT molecular complexity index is 569. The first-order valence-electron chi connectivity index (χ1n) is 6.32. The lowest BCUT2D eigenvalue weighted by Crippen LogP contribution is -2.18. The zero-order valence-corrected chi connectivity index (χ0v) is 12.8. The van der Waals surface area contributed by atoms with Crippen molar-refractivity contribution in [1.82, 2.24) is 29.7 Å². The molecule has 2 N–H and O–H groups in total. The van der Waals surface area contributed by atoms with Gasteiger partial charge in [0.15, 0.2) is 0 Å². The van der Waals surface area contributed by atoms with Crippen molar-refractivity contribution in [3.63, 3.8) is 0 Å². The van der Waals surface area contributed by atoms with Crippen molar-refractivity contribution in [3.8, 4) is 5.95 Å². The van der Waals surface area contributed by atoms with Crippen molar-refractivity contribution < 1.29 is 0 Å². The maximum Gasteiger partial charge on any atom is 0.258 e. The van der Waals surface area contributed by atoms with E-state index in [1.165, 1.54) is 16.4 Å². The number of aromatic nitrogens is 6. The predicted octanol–water partition coefficient (Wildman–Crippen LogP) is 1.43. The Kier molecular flexibility index (Phi) is 4.72.